The van der Waals surface area contributed by atoms with E-state index in [1.165, 1.54) is 16.9 Å². The molecule has 3 aromatic carbocycles. The maximum atomic E-state index is 13.7. The van der Waals surface area contributed by atoms with Gasteiger partial charge in [-0.05, 0) is 53.8 Å². The minimum Gasteiger partial charge on any atom is -0.507 e. The van der Waals surface area contributed by atoms with Gasteiger partial charge in [0, 0.05) is 11.1 Å². The van der Waals surface area contributed by atoms with Crippen molar-refractivity contribution in [1.29, 1.82) is 0 Å². The Morgan fingerprint density at radius 3 is 2.74 bits per heavy atom. The summed E-state index contributed by atoms with van der Waals surface area (Å²) in [5.74, 6) is 0.898. The van der Waals surface area contributed by atoms with Crippen molar-refractivity contribution < 1.29 is 9.84 Å². The van der Waals surface area contributed by atoms with Gasteiger partial charge in [-0.15, -0.1) is 0 Å². The number of thiazole rings is 1. The molecule has 1 atom stereocenters. The van der Waals surface area contributed by atoms with E-state index in [2.05, 4.69) is 18.2 Å². The minimum absolute atomic E-state index is 0.106. The Hall–Kier alpha value is -3.90. The maximum absolute atomic E-state index is 13.7. The smallest absolute Gasteiger partial charge is 0.271 e. The van der Waals surface area contributed by atoms with Gasteiger partial charge in [0.25, 0.3) is 5.56 Å². The Labute approximate surface area is 200 Å². The van der Waals surface area contributed by atoms with Crippen LogP contribution in [0.4, 0.5) is 0 Å². The highest BCUT2D eigenvalue weighted by molar-refractivity contribution is 7.07. The number of phenols is 1. The average molecular weight is 467 g/mol. The highest BCUT2D eigenvalue weighted by Gasteiger charge is 2.32. The molecule has 0 spiro atoms. The second-order valence-electron chi connectivity index (χ2n) is 8.45. The lowest BCUT2D eigenvalue weighted by molar-refractivity contribution is 0.413. The van der Waals surface area contributed by atoms with Gasteiger partial charge in [0.2, 0.25) is 0 Å². The van der Waals surface area contributed by atoms with Crippen molar-refractivity contribution in [2.45, 2.75) is 18.9 Å². The lowest BCUT2D eigenvalue weighted by Gasteiger charge is -2.31. The fraction of sp³-hybridized carbons (Fsp3) is 0.143. The van der Waals surface area contributed by atoms with E-state index in [1.807, 2.05) is 36.4 Å². The molecule has 6 heteroatoms. The van der Waals surface area contributed by atoms with Crippen molar-refractivity contribution in [2.75, 3.05) is 7.11 Å². The van der Waals surface area contributed by atoms with Gasteiger partial charge in [0.1, 0.15) is 11.5 Å². The SMILES string of the molecule is COc1cccc([C@@H]2C3=C(N=c4s/c(=C\c5ccccc5O)c(=O)n42)c2ccccc2CC3)c1. The van der Waals surface area contributed by atoms with Gasteiger partial charge in [-0.25, -0.2) is 4.99 Å². The first kappa shape index (κ1) is 20.7. The standard InChI is InChI=1S/C28H22N2O3S/c1-33-20-10-6-9-19(15-20)26-22-14-13-17-7-2-4-11-21(17)25(22)29-28-30(26)27(32)24(34-28)16-18-8-3-5-12-23(18)31/h2-12,15-16,26,31H,13-14H2,1H3/b24-16-/t26-/m1/s1. The van der Waals surface area contributed by atoms with E-state index in [0.29, 0.717) is 14.9 Å². The second-order valence-corrected chi connectivity index (χ2v) is 9.46. The Bertz CT molecular complexity index is 1640. The van der Waals surface area contributed by atoms with Crippen LogP contribution in [-0.2, 0) is 6.42 Å². The first-order valence-electron chi connectivity index (χ1n) is 11.2. The van der Waals surface area contributed by atoms with Gasteiger partial charge in [-0.1, -0.05) is 65.9 Å². The normalized spacial score (nSPS) is 17.0. The zero-order valence-electron chi connectivity index (χ0n) is 18.6. The van der Waals surface area contributed by atoms with Crippen molar-refractivity contribution in [3.05, 3.63) is 120 Å². The molecule has 0 saturated heterocycles. The summed E-state index contributed by atoms with van der Waals surface area (Å²) in [5.41, 5.74) is 6.03. The summed E-state index contributed by atoms with van der Waals surface area (Å²) < 4.78 is 7.84. The number of nitrogens with zero attached hydrogens (tertiary/aromatic N) is 2. The molecule has 34 heavy (non-hydrogen) atoms. The van der Waals surface area contributed by atoms with E-state index in [-0.39, 0.29) is 17.4 Å². The van der Waals surface area contributed by atoms with Crippen molar-refractivity contribution in [2.24, 2.45) is 4.99 Å². The van der Waals surface area contributed by atoms with Crippen LogP contribution in [0.3, 0.4) is 0 Å². The number of para-hydroxylation sites is 1. The maximum Gasteiger partial charge on any atom is 0.271 e. The van der Waals surface area contributed by atoms with Gasteiger partial charge in [0.15, 0.2) is 4.80 Å². The van der Waals surface area contributed by atoms with Gasteiger partial charge < -0.3 is 9.84 Å². The van der Waals surface area contributed by atoms with Crippen LogP contribution >= 0.6 is 11.3 Å². The van der Waals surface area contributed by atoms with Crippen molar-refractivity contribution in [1.82, 2.24) is 4.57 Å². The number of allylic oxidation sites excluding steroid dienone is 1. The first-order chi connectivity index (χ1) is 16.6. The van der Waals surface area contributed by atoms with Crippen molar-refractivity contribution in [3.8, 4) is 11.5 Å². The second kappa shape index (κ2) is 8.15. The van der Waals surface area contributed by atoms with Crippen LogP contribution < -0.4 is 19.6 Å². The van der Waals surface area contributed by atoms with Crippen LogP contribution in [0.15, 0.2) is 88.2 Å². The number of phenolic OH excluding ortho intramolecular Hbond substituents is 1. The summed E-state index contributed by atoms with van der Waals surface area (Å²) in [6, 6.07) is 23.1. The van der Waals surface area contributed by atoms with Gasteiger partial charge in [-0.3, -0.25) is 9.36 Å². The molecule has 1 aliphatic carbocycles. The summed E-state index contributed by atoms with van der Waals surface area (Å²) in [5, 5.41) is 10.2. The minimum atomic E-state index is -0.263. The van der Waals surface area contributed by atoms with E-state index < -0.39 is 0 Å². The van der Waals surface area contributed by atoms with Gasteiger partial charge >= 0.3 is 0 Å². The molecule has 0 radical (unpaired) electrons. The van der Waals surface area contributed by atoms with Crippen LogP contribution in [0.1, 0.15) is 34.7 Å². The van der Waals surface area contributed by atoms with Gasteiger partial charge in [0.05, 0.1) is 23.4 Å². The van der Waals surface area contributed by atoms with E-state index in [1.54, 1.807) is 36.0 Å². The van der Waals surface area contributed by atoms with E-state index in [0.717, 1.165) is 41.0 Å². The molecular formula is C28H22N2O3S. The Kier molecular flexibility index (Phi) is 4.96. The summed E-state index contributed by atoms with van der Waals surface area (Å²) in [4.78, 5) is 19.4. The first-order valence-corrected chi connectivity index (χ1v) is 12.0. The molecule has 2 aliphatic rings. The van der Waals surface area contributed by atoms with Crippen molar-refractivity contribution in [3.63, 3.8) is 0 Å². The number of hydrogen-bond acceptors (Lipinski definition) is 5. The number of aromatic hydroxyl groups is 1. The number of aromatic nitrogens is 1. The predicted molar refractivity (Wildman–Crippen MR) is 134 cm³/mol. The highest BCUT2D eigenvalue weighted by atomic mass is 32.1. The molecule has 0 fully saturated rings. The van der Waals surface area contributed by atoms with E-state index in [9.17, 15) is 9.90 Å². The summed E-state index contributed by atoms with van der Waals surface area (Å²) in [6.07, 6.45) is 3.49. The number of ether oxygens (including phenoxy) is 1. The quantitative estimate of drug-likeness (QED) is 0.496. The molecule has 0 unspecified atom stereocenters. The Morgan fingerprint density at radius 1 is 1.06 bits per heavy atom. The molecular weight excluding hydrogens is 444 g/mol. The summed E-state index contributed by atoms with van der Waals surface area (Å²) in [7, 11) is 1.65. The van der Waals surface area contributed by atoms with E-state index in [4.69, 9.17) is 9.73 Å². The van der Waals surface area contributed by atoms with Crippen LogP contribution in [0.2, 0.25) is 0 Å². The molecule has 1 aromatic heterocycles. The molecule has 1 N–H and O–H groups in total. The van der Waals surface area contributed by atoms with Crippen LogP contribution in [0.25, 0.3) is 11.8 Å². The summed E-state index contributed by atoms with van der Waals surface area (Å²) in [6.45, 7) is 0. The highest BCUT2D eigenvalue weighted by Crippen LogP contribution is 2.41. The molecule has 0 saturated carbocycles. The number of rotatable bonds is 3. The molecule has 168 valence electrons. The number of fused-ring (bicyclic) bond motifs is 3. The fourth-order valence-electron chi connectivity index (χ4n) is 4.88. The largest absolute Gasteiger partial charge is 0.507 e. The lowest BCUT2D eigenvalue weighted by atomic mass is 9.83. The molecule has 0 bridgehead atoms. The average Bonchev–Trinajstić information content (AvgIpc) is 3.18. The molecule has 5 nitrogen and oxygen atoms in total. The van der Waals surface area contributed by atoms with Crippen LogP contribution in [-0.4, -0.2) is 16.8 Å². The Balaban J connectivity index is 1.64. The van der Waals surface area contributed by atoms with Crippen LogP contribution in [0.5, 0.6) is 11.5 Å². The third kappa shape index (κ3) is 3.30. The van der Waals surface area contributed by atoms with Gasteiger partial charge in [-0.2, -0.15) is 0 Å². The molecule has 2 heterocycles. The summed E-state index contributed by atoms with van der Waals surface area (Å²) >= 11 is 1.36. The Morgan fingerprint density at radius 2 is 1.88 bits per heavy atom. The van der Waals surface area contributed by atoms with Crippen LogP contribution in [0, 0.1) is 0 Å². The lowest BCUT2D eigenvalue weighted by Crippen LogP contribution is -2.38. The molecule has 6 rings (SSSR count). The number of aryl methyl sites for hydroxylation is 1. The number of hydrogen-bond donors (Lipinski definition) is 1. The fourth-order valence-corrected chi connectivity index (χ4v) is 5.88. The monoisotopic (exact) mass is 466 g/mol. The number of methoxy groups -OCH3 is 1. The van der Waals surface area contributed by atoms with E-state index >= 15 is 0 Å². The zero-order valence-corrected chi connectivity index (χ0v) is 19.4. The molecule has 0 amide bonds. The molecule has 4 aromatic rings. The number of benzene rings is 3. The third-order valence-electron chi connectivity index (χ3n) is 6.51. The molecule has 1 aliphatic heterocycles. The zero-order chi connectivity index (χ0) is 23.2. The third-order valence-corrected chi connectivity index (χ3v) is 7.49. The van der Waals surface area contributed by atoms with Crippen molar-refractivity contribution >= 4 is 23.1 Å². The topological polar surface area (TPSA) is 63.8 Å². The predicted octanol–water partition coefficient (Wildman–Crippen LogP) is 4.03.